The standard InChI is InChI=1S/C10H23NO4Si/c1-4-9-16(12-2,13-3)15-10-11-5-7-14-8-6-11/h4-10H2,1-3H3. The molecular formula is C10H23NO4Si. The summed E-state index contributed by atoms with van der Waals surface area (Å²) in [6.07, 6.45) is 1.01. The molecule has 0 saturated carbocycles. The summed E-state index contributed by atoms with van der Waals surface area (Å²) in [7, 11) is 0.933. The third kappa shape index (κ3) is 4.12. The largest absolute Gasteiger partial charge is 0.501 e. The summed E-state index contributed by atoms with van der Waals surface area (Å²) < 4.78 is 22.1. The van der Waals surface area contributed by atoms with Gasteiger partial charge in [-0.05, 0) is 0 Å². The van der Waals surface area contributed by atoms with Gasteiger partial charge in [-0.3, -0.25) is 4.90 Å². The second kappa shape index (κ2) is 7.36. The third-order valence-electron chi connectivity index (χ3n) is 2.75. The first-order valence-electron chi connectivity index (χ1n) is 5.80. The van der Waals surface area contributed by atoms with Crippen LogP contribution >= 0.6 is 0 Å². The number of nitrogens with zero attached hydrogens (tertiary/aromatic N) is 1. The van der Waals surface area contributed by atoms with E-state index in [2.05, 4.69) is 11.8 Å². The SMILES string of the molecule is CCC[Si](OC)(OC)OCN1CCOCC1. The van der Waals surface area contributed by atoms with Crippen molar-refractivity contribution in [2.24, 2.45) is 0 Å². The van der Waals surface area contributed by atoms with Gasteiger partial charge in [-0.25, -0.2) is 0 Å². The zero-order valence-electron chi connectivity index (χ0n) is 10.5. The number of hydrogen-bond donors (Lipinski definition) is 0. The highest BCUT2D eigenvalue weighted by Gasteiger charge is 2.38. The van der Waals surface area contributed by atoms with E-state index in [1.807, 2.05) is 0 Å². The summed E-state index contributed by atoms with van der Waals surface area (Å²) in [6.45, 7) is 6.10. The lowest BCUT2D eigenvalue weighted by molar-refractivity contribution is -0.0208. The van der Waals surface area contributed by atoms with E-state index in [-0.39, 0.29) is 0 Å². The van der Waals surface area contributed by atoms with Crippen molar-refractivity contribution in [3.63, 3.8) is 0 Å². The second-order valence-corrected chi connectivity index (χ2v) is 6.82. The molecule has 0 atom stereocenters. The van der Waals surface area contributed by atoms with Gasteiger partial charge in [0.15, 0.2) is 0 Å². The first kappa shape index (κ1) is 14.1. The van der Waals surface area contributed by atoms with Crippen molar-refractivity contribution in [3.05, 3.63) is 0 Å². The lowest BCUT2D eigenvalue weighted by Crippen LogP contribution is -2.48. The number of hydrogen-bond acceptors (Lipinski definition) is 5. The molecule has 1 rings (SSSR count). The highest BCUT2D eigenvalue weighted by atomic mass is 28.4. The van der Waals surface area contributed by atoms with Gasteiger partial charge >= 0.3 is 8.80 Å². The molecule has 0 radical (unpaired) electrons. The quantitative estimate of drug-likeness (QED) is 0.628. The topological polar surface area (TPSA) is 40.2 Å². The summed E-state index contributed by atoms with van der Waals surface area (Å²) in [4.78, 5) is 2.22. The molecule has 0 N–H and O–H groups in total. The minimum Gasteiger partial charge on any atom is -0.379 e. The van der Waals surface area contributed by atoms with Crippen LogP contribution in [0.1, 0.15) is 13.3 Å². The smallest absolute Gasteiger partial charge is 0.379 e. The van der Waals surface area contributed by atoms with Crippen LogP contribution in [-0.2, 0) is 18.0 Å². The molecule has 0 aromatic heterocycles. The molecule has 1 saturated heterocycles. The lowest BCUT2D eigenvalue weighted by atomic mass is 10.5. The molecule has 1 aliphatic heterocycles. The minimum atomic E-state index is -2.41. The van der Waals surface area contributed by atoms with Gasteiger partial charge in [0.05, 0.1) is 19.9 Å². The highest BCUT2D eigenvalue weighted by Crippen LogP contribution is 2.16. The van der Waals surface area contributed by atoms with Crippen LogP contribution in [0.25, 0.3) is 0 Å². The molecule has 0 aromatic carbocycles. The van der Waals surface area contributed by atoms with E-state index in [1.165, 1.54) is 0 Å². The molecule has 96 valence electrons. The Morgan fingerprint density at radius 3 is 2.31 bits per heavy atom. The normalized spacial score (nSPS) is 18.9. The van der Waals surface area contributed by atoms with Crippen LogP contribution in [-0.4, -0.2) is 61.0 Å². The van der Waals surface area contributed by atoms with Crippen LogP contribution in [0.5, 0.6) is 0 Å². The molecule has 0 amide bonds. The molecule has 0 bridgehead atoms. The van der Waals surface area contributed by atoms with Crippen LogP contribution in [0.3, 0.4) is 0 Å². The summed E-state index contributed by atoms with van der Waals surface area (Å²) in [6, 6.07) is 0.865. The van der Waals surface area contributed by atoms with Crippen molar-refractivity contribution in [1.29, 1.82) is 0 Å². The average molecular weight is 249 g/mol. The van der Waals surface area contributed by atoms with Crippen LogP contribution in [0.15, 0.2) is 0 Å². The van der Waals surface area contributed by atoms with E-state index < -0.39 is 8.80 Å². The maximum atomic E-state index is 5.87. The Morgan fingerprint density at radius 1 is 1.19 bits per heavy atom. The van der Waals surface area contributed by atoms with Crippen LogP contribution < -0.4 is 0 Å². The van der Waals surface area contributed by atoms with Gasteiger partial charge in [-0.1, -0.05) is 13.3 Å². The van der Waals surface area contributed by atoms with E-state index in [0.29, 0.717) is 6.73 Å². The van der Waals surface area contributed by atoms with E-state index >= 15 is 0 Å². The fourth-order valence-electron chi connectivity index (χ4n) is 1.70. The Kier molecular flexibility index (Phi) is 6.48. The van der Waals surface area contributed by atoms with Gasteiger partial charge in [-0.2, -0.15) is 0 Å². The zero-order chi connectivity index (χ0) is 11.9. The van der Waals surface area contributed by atoms with Crippen LogP contribution in [0, 0.1) is 0 Å². The monoisotopic (exact) mass is 249 g/mol. The Bertz CT molecular complexity index is 184. The van der Waals surface area contributed by atoms with Gasteiger partial charge in [0.1, 0.15) is 0 Å². The van der Waals surface area contributed by atoms with Crippen molar-refractivity contribution in [3.8, 4) is 0 Å². The van der Waals surface area contributed by atoms with Gasteiger partial charge < -0.3 is 18.0 Å². The molecule has 5 nitrogen and oxygen atoms in total. The van der Waals surface area contributed by atoms with E-state index in [9.17, 15) is 0 Å². The molecule has 1 aliphatic rings. The fraction of sp³-hybridized carbons (Fsp3) is 1.00. The molecule has 0 aromatic rings. The number of rotatable bonds is 7. The molecule has 1 fully saturated rings. The van der Waals surface area contributed by atoms with Crippen molar-refractivity contribution in [1.82, 2.24) is 4.90 Å². The van der Waals surface area contributed by atoms with Crippen molar-refractivity contribution in [2.45, 2.75) is 19.4 Å². The van der Waals surface area contributed by atoms with Crippen LogP contribution in [0.4, 0.5) is 0 Å². The Morgan fingerprint density at radius 2 is 1.81 bits per heavy atom. The molecule has 0 unspecified atom stereocenters. The first-order chi connectivity index (χ1) is 7.76. The van der Waals surface area contributed by atoms with E-state index in [1.54, 1.807) is 14.2 Å². The van der Waals surface area contributed by atoms with Gasteiger partial charge in [-0.15, -0.1) is 0 Å². The third-order valence-corrected chi connectivity index (χ3v) is 5.67. The minimum absolute atomic E-state index is 0.581. The van der Waals surface area contributed by atoms with Crippen LogP contribution in [0.2, 0.25) is 6.04 Å². The summed E-state index contributed by atoms with van der Waals surface area (Å²) in [5.41, 5.74) is 0. The predicted octanol–water partition coefficient (Wildman–Crippen LogP) is 0.934. The summed E-state index contributed by atoms with van der Waals surface area (Å²) >= 11 is 0. The number of morpholine rings is 1. The first-order valence-corrected chi connectivity index (χ1v) is 7.74. The molecule has 6 heteroatoms. The van der Waals surface area contributed by atoms with E-state index in [0.717, 1.165) is 38.8 Å². The van der Waals surface area contributed by atoms with Gasteiger partial charge in [0.25, 0.3) is 0 Å². The fourth-order valence-corrected chi connectivity index (χ4v) is 3.65. The van der Waals surface area contributed by atoms with Crippen molar-refractivity contribution < 1.29 is 18.0 Å². The van der Waals surface area contributed by atoms with Gasteiger partial charge in [0.2, 0.25) is 0 Å². The molecule has 16 heavy (non-hydrogen) atoms. The van der Waals surface area contributed by atoms with Gasteiger partial charge in [0, 0.05) is 33.4 Å². The second-order valence-electron chi connectivity index (χ2n) is 3.85. The summed E-state index contributed by atoms with van der Waals surface area (Å²) in [5.74, 6) is 0. The predicted molar refractivity (Wildman–Crippen MR) is 63.2 cm³/mol. The summed E-state index contributed by atoms with van der Waals surface area (Å²) in [5, 5.41) is 0. The highest BCUT2D eigenvalue weighted by molar-refractivity contribution is 6.60. The number of ether oxygens (including phenoxy) is 1. The Labute approximate surface area is 99.0 Å². The van der Waals surface area contributed by atoms with E-state index in [4.69, 9.17) is 18.0 Å². The molecular weight excluding hydrogens is 226 g/mol. The Balaban J connectivity index is 2.35. The maximum absolute atomic E-state index is 5.87. The zero-order valence-corrected chi connectivity index (χ0v) is 11.5. The lowest BCUT2D eigenvalue weighted by Gasteiger charge is -2.31. The Hall–Kier alpha value is 0.0169. The average Bonchev–Trinajstić information content (AvgIpc) is 2.36. The molecule has 0 aliphatic carbocycles. The van der Waals surface area contributed by atoms with Crippen molar-refractivity contribution >= 4 is 8.80 Å². The maximum Gasteiger partial charge on any atom is 0.501 e. The molecule has 0 spiro atoms. The van der Waals surface area contributed by atoms with Crippen molar-refractivity contribution in [2.75, 3.05) is 47.3 Å². The molecule has 1 heterocycles.